The number of rotatable bonds is 5. The van der Waals surface area contributed by atoms with Crippen molar-refractivity contribution >= 4 is 5.95 Å². The summed E-state index contributed by atoms with van der Waals surface area (Å²) in [5.41, 5.74) is 0. The second-order valence-electron chi connectivity index (χ2n) is 4.76. The fourth-order valence-electron chi connectivity index (χ4n) is 2.30. The highest BCUT2D eigenvalue weighted by molar-refractivity contribution is 5.29. The standard InChI is InChI=1S/C14H21N5/c1-3-5-15-12-13(2)18-8-10-19(11-9-18)14-16-6-4-7-17-14/h1,4,6-7,13,15H,5,8-12H2,2H3. The van der Waals surface area contributed by atoms with Gasteiger partial charge < -0.3 is 10.2 Å². The van der Waals surface area contributed by atoms with Crippen LogP contribution < -0.4 is 10.2 Å². The maximum Gasteiger partial charge on any atom is 0.225 e. The van der Waals surface area contributed by atoms with E-state index in [0.717, 1.165) is 38.7 Å². The Labute approximate surface area is 115 Å². The lowest BCUT2D eigenvalue weighted by molar-refractivity contribution is 0.193. The van der Waals surface area contributed by atoms with E-state index in [2.05, 4.69) is 37.9 Å². The monoisotopic (exact) mass is 259 g/mol. The van der Waals surface area contributed by atoms with E-state index in [-0.39, 0.29) is 0 Å². The van der Waals surface area contributed by atoms with Gasteiger partial charge in [-0.1, -0.05) is 5.92 Å². The van der Waals surface area contributed by atoms with Crippen molar-refractivity contribution in [3.05, 3.63) is 18.5 Å². The van der Waals surface area contributed by atoms with Crippen molar-refractivity contribution in [1.29, 1.82) is 0 Å². The summed E-state index contributed by atoms with van der Waals surface area (Å²) in [5.74, 6) is 3.43. The summed E-state index contributed by atoms with van der Waals surface area (Å²) in [6, 6.07) is 2.35. The number of nitrogens with zero attached hydrogens (tertiary/aromatic N) is 4. The number of aromatic nitrogens is 2. The summed E-state index contributed by atoms with van der Waals surface area (Å²) in [5, 5.41) is 3.26. The van der Waals surface area contributed by atoms with Crippen molar-refractivity contribution in [2.75, 3.05) is 44.2 Å². The summed E-state index contributed by atoms with van der Waals surface area (Å²) in [6.07, 6.45) is 8.81. The third-order valence-electron chi connectivity index (χ3n) is 3.44. The van der Waals surface area contributed by atoms with Gasteiger partial charge in [0.05, 0.1) is 6.54 Å². The smallest absolute Gasteiger partial charge is 0.225 e. The first-order valence-electron chi connectivity index (χ1n) is 6.71. The van der Waals surface area contributed by atoms with Crippen molar-refractivity contribution in [2.24, 2.45) is 0 Å². The molecule has 102 valence electrons. The lowest BCUT2D eigenvalue weighted by Gasteiger charge is -2.38. The molecule has 0 radical (unpaired) electrons. The van der Waals surface area contributed by atoms with E-state index in [1.807, 2.05) is 6.07 Å². The van der Waals surface area contributed by atoms with Crippen LogP contribution in [0.1, 0.15) is 6.92 Å². The van der Waals surface area contributed by atoms with Gasteiger partial charge in [-0.15, -0.1) is 6.42 Å². The largest absolute Gasteiger partial charge is 0.338 e. The van der Waals surface area contributed by atoms with Crippen LogP contribution in [0, 0.1) is 12.3 Å². The van der Waals surface area contributed by atoms with Crippen molar-refractivity contribution < 1.29 is 0 Å². The lowest BCUT2D eigenvalue weighted by Crippen LogP contribution is -2.52. The zero-order valence-electron chi connectivity index (χ0n) is 11.4. The minimum Gasteiger partial charge on any atom is -0.338 e. The van der Waals surface area contributed by atoms with Gasteiger partial charge in [-0.3, -0.25) is 4.90 Å². The highest BCUT2D eigenvalue weighted by atomic mass is 15.3. The predicted octanol–water partition coefficient (Wildman–Crippen LogP) is 0.210. The molecule has 5 heteroatoms. The summed E-state index contributed by atoms with van der Waals surface area (Å²) in [7, 11) is 0. The Balaban J connectivity index is 1.78. The molecule has 0 amide bonds. The summed E-state index contributed by atoms with van der Waals surface area (Å²) >= 11 is 0. The first-order valence-corrected chi connectivity index (χ1v) is 6.71. The van der Waals surface area contributed by atoms with Gasteiger partial charge in [0, 0.05) is 51.2 Å². The molecule has 1 aliphatic heterocycles. The second kappa shape index (κ2) is 7.07. The number of nitrogens with one attached hydrogen (secondary N) is 1. The first kappa shape index (κ1) is 13.8. The maximum absolute atomic E-state index is 5.23. The van der Waals surface area contributed by atoms with Gasteiger partial charge in [0.2, 0.25) is 5.95 Å². The van der Waals surface area contributed by atoms with Crippen LogP contribution in [0.4, 0.5) is 5.95 Å². The van der Waals surface area contributed by atoms with Gasteiger partial charge in [-0.05, 0) is 13.0 Å². The maximum atomic E-state index is 5.23. The Morgan fingerprint density at radius 3 is 2.63 bits per heavy atom. The Morgan fingerprint density at radius 2 is 2.00 bits per heavy atom. The van der Waals surface area contributed by atoms with Crippen molar-refractivity contribution in [2.45, 2.75) is 13.0 Å². The van der Waals surface area contributed by atoms with Gasteiger partial charge >= 0.3 is 0 Å². The normalized spacial score (nSPS) is 18.0. The Kier molecular flexibility index (Phi) is 5.13. The van der Waals surface area contributed by atoms with Crippen LogP contribution in [0.5, 0.6) is 0 Å². The van der Waals surface area contributed by atoms with Crippen LogP contribution in [-0.4, -0.2) is 60.2 Å². The zero-order valence-corrected chi connectivity index (χ0v) is 11.4. The fourth-order valence-corrected chi connectivity index (χ4v) is 2.30. The molecule has 1 saturated heterocycles. The lowest BCUT2D eigenvalue weighted by atomic mass is 10.2. The SMILES string of the molecule is C#CCNCC(C)N1CCN(c2ncccn2)CC1. The van der Waals surface area contributed by atoms with E-state index in [1.54, 1.807) is 12.4 Å². The Morgan fingerprint density at radius 1 is 1.32 bits per heavy atom. The minimum absolute atomic E-state index is 0.507. The quantitative estimate of drug-likeness (QED) is 0.605. The van der Waals surface area contributed by atoms with Crippen LogP contribution in [0.3, 0.4) is 0 Å². The fraction of sp³-hybridized carbons (Fsp3) is 0.571. The van der Waals surface area contributed by atoms with Crippen LogP contribution in [-0.2, 0) is 0 Å². The van der Waals surface area contributed by atoms with Gasteiger partial charge in [-0.25, -0.2) is 9.97 Å². The number of terminal acetylenes is 1. The van der Waals surface area contributed by atoms with Crippen molar-refractivity contribution in [3.63, 3.8) is 0 Å². The third-order valence-corrected chi connectivity index (χ3v) is 3.44. The molecule has 0 bridgehead atoms. The Bertz CT molecular complexity index is 406. The molecule has 0 spiro atoms. The molecule has 19 heavy (non-hydrogen) atoms. The molecule has 2 heterocycles. The first-order chi connectivity index (χ1) is 9.31. The Hall–Kier alpha value is -1.64. The van der Waals surface area contributed by atoms with Gasteiger partial charge in [0.1, 0.15) is 0 Å². The zero-order chi connectivity index (χ0) is 13.5. The average molecular weight is 259 g/mol. The number of piperazine rings is 1. The van der Waals surface area contributed by atoms with Crippen LogP contribution >= 0.6 is 0 Å². The van der Waals surface area contributed by atoms with Crippen molar-refractivity contribution in [3.8, 4) is 12.3 Å². The highest BCUT2D eigenvalue weighted by Crippen LogP contribution is 2.11. The average Bonchev–Trinajstić information content (AvgIpc) is 2.48. The molecule has 1 aromatic rings. The van der Waals surface area contributed by atoms with E-state index in [9.17, 15) is 0 Å². The third kappa shape index (κ3) is 3.91. The second-order valence-corrected chi connectivity index (χ2v) is 4.76. The topological polar surface area (TPSA) is 44.3 Å². The molecular formula is C14H21N5. The molecule has 0 aliphatic carbocycles. The van der Waals surface area contributed by atoms with Gasteiger partial charge in [0.15, 0.2) is 0 Å². The number of hydrogen-bond acceptors (Lipinski definition) is 5. The molecule has 1 fully saturated rings. The molecule has 1 aromatic heterocycles. The summed E-state index contributed by atoms with van der Waals surface area (Å²) in [6.45, 7) is 7.84. The van der Waals surface area contributed by atoms with Gasteiger partial charge in [-0.2, -0.15) is 0 Å². The van der Waals surface area contributed by atoms with E-state index in [0.29, 0.717) is 12.6 Å². The van der Waals surface area contributed by atoms with Crippen LogP contribution in [0.15, 0.2) is 18.5 Å². The molecule has 1 aliphatic rings. The van der Waals surface area contributed by atoms with E-state index in [1.165, 1.54) is 0 Å². The number of hydrogen-bond donors (Lipinski definition) is 1. The summed E-state index contributed by atoms with van der Waals surface area (Å²) in [4.78, 5) is 13.3. The van der Waals surface area contributed by atoms with Crippen LogP contribution in [0.2, 0.25) is 0 Å². The molecule has 1 atom stereocenters. The van der Waals surface area contributed by atoms with Crippen molar-refractivity contribution in [1.82, 2.24) is 20.2 Å². The molecule has 1 unspecified atom stereocenters. The predicted molar refractivity (Wildman–Crippen MR) is 77.0 cm³/mol. The highest BCUT2D eigenvalue weighted by Gasteiger charge is 2.21. The number of anilines is 1. The van der Waals surface area contributed by atoms with E-state index >= 15 is 0 Å². The molecule has 0 aromatic carbocycles. The minimum atomic E-state index is 0.507. The summed E-state index contributed by atoms with van der Waals surface area (Å²) < 4.78 is 0. The molecule has 5 nitrogen and oxygen atoms in total. The molecule has 1 N–H and O–H groups in total. The van der Waals surface area contributed by atoms with E-state index in [4.69, 9.17) is 6.42 Å². The molecule has 0 saturated carbocycles. The molecule has 2 rings (SSSR count). The van der Waals surface area contributed by atoms with E-state index < -0.39 is 0 Å². The van der Waals surface area contributed by atoms with Gasteiger partial charge in [0.25, 0.3) is 0 Å². The van der Waals surface area contributed by atoms with Crippen LogP contribution in [0.25, 0.3) is 0 Å². The molecular weight excluding hydrogens is 238 g/mol.